The molecule has 2 aromatic carbocycles. The summed E-state index contributed by atoms with van der Waals surface area (Å²) in [6.45, 7) is 0.122. The molecule has 0 aliphatic rings. The number of carbonyl (C=O) groups is 1. The molecule has 0 heterocycles. The highest BCUT2D eigenvalue weighted by Crippen LogP contribution is 2.22. The summed E-state index contributed by atoms with van der Waals surface area (Å²) in [5, 5.41) is 14.9. The van der Waals surface area contributed by atoms with Gasteiger partial charge in [-0.2, -0.15) is 5.26 Å². The summed E-state index contributed by atoms with van der Waals surface area (Å²) in [6.07, 6.45) is 0. The first-order chi connectivity index (χ1) is 9.69. The fourth-order valence-corrected chi connectivity index (χ4v) is 1.79. The van der Waals surface area contributed by atoms with Crippen LogP contribution in [0.2, 0.25) is 5.02 Å². The Labute approximate surface area is 122 Å². The lowest BCUT2D eigenvalue weighted by Gasteiger charge is -2.09. The Morgan fingerprint density at radius 2 is 1.95 bits per heavy atom. The minimum atomic E-state index is -0.231. The lowest BCUT2D eigenvalue weighted by Crippen LogP contribution is -2.21. The third-order valence-corrected chi connectivity index (χ3v) is 2.93. The predicted octanol–water partition coefficient (Wildman–Crippen LogP) is 3.26. The van der Waals surface area contributed by atoms with Crippen molar-refractivity contribution in [2.45, 2.75) is 0 Å². The molecule has 1 amide bonds. The largest absolute Gasteiger partial charge is 0.376 e. The molecular weight excluding hydrogens is 274 g/mol. The molecule has 20 heavy (non-hydrogen) atoms. The summed E-state index contributed by atoms with van der Waals surface area (Å²) in [4.78, 5) is 11.8. The average molecular weight is 286 g/mol. The average Bonchev–Trinajstić information content (AvgIpc) is 2.48. The van der Waals surface area contributed by atoms with Crippen LogP contribution < -0.4 is 10.6 Å². The first kappa shape index (κ1) is 13.9. The van der Waals surface area contributed by atoms with E-state index in [9.17, 15) is 4.79 Å². The number of rotatable bonds is 4. The van der Waals surface area contributed by atoms with E-state index in [4.69, 9.17) is 16.9 Å². The lowest BCUT2D eigenvalue weighted by molar-refractivity contribution is -0.114. The Morgan fingerprint density at radius 3 is 2.65 bits per heavy atom. The number of amides is 1. The number of anilines is 2. The Kier molecular flexibility index (Phi) is 4.59. The Hall–Kier alpha value is -2.51. The molecule has 0 aromatic heterocycles. The maximum atomic E-state index is 11.8. The fraction of sp³-hybridized carbons (Fsp3) is 0.0667. The summed E-state index contributed by atoms with van der Waals surface area (Å²) >= 11 is 5.97. The standard InChI is InChI=1S/C15H12ClN3O/c16-13-7-6-11(9-17)8-14(13)19-15(20)10-18-12-4-2-1-3-5-12/h1-8,18H,10H2,(H,19,20). The number of hydrogen-bond donors (Lipinski definition) is 2. The van der Waals surface area contributed by atoms with Gasteiger partial charge in [0.1, 0.15) is 0 Å². The second-order valence-electron chi connectivity index (χ2n) is 4.07. The molecule has 0 aliphatic heterocycles. The van der Waals surface area contributed by atoms with Crippen molar-refractivity contribution < 1.29 is 4.79 Å². The minimum Gasteiger partial charge on any atom is -0.376 e. The van der Waals surface area contributed by atoms with Gasteiger partial charge in [0.15, 0.2) is 0 Å². The van der Waals surface area contributed by atoms with E-state index in [1.807, 2.05) is 36.4 Å². The van der Waals surface area contributed by atoms with Gasteiger partial charge in [-0.05, 0) is 30.3 Å². The summed E-state index contributed by atoms with van der Waals surface area (Å²) < 4.78 is 0. The van der Waals surface area contributed by atoms with Crippen molar-refractivity contribution in [1.29, 1.82) is 5.26 Å². The topological polar surface area (TPSA) is 64.9 Å². The third-order valence-electron chi connectivity index (χ3n) is 2.60. The number of nitriles is 1. The molecule has 100 valence electrons. The SMILES string of the molecule is N#Cc1ccc(Cl)c(NC(=O)CNc2ccccc2)c1. The molecule has 2 N–H and O–H groups in total. The van der Waals surface area contributed by atoms with E-state index < -0.39 is 0 Å². The molecule has 2 aromatic rings. The number of nitrogens with zero attached hydrogens (tertiary/aromatic N) is 1. The highest BCUT2D eigenvalue weighted by Gasteiger charge is 2.06. The molecule has 0 spiro atoms. The van der Waals surface area contributed by atoms with E-state index in [1.165, 1.54) is 0 Å². The van der Waals surface area contributed by atoms with E-state index in [2.05, 4.69) is 10.6 Å². The third kappa shape index (κ3) is 3.74. The van der Waals surface area contributed by atoms with Gasteiger partial charge in [-0.15, -0.1) is 0 Å². The molecule has 4 nitrogen and oxygen atoms in total. The van der Waals surface area contributed by atoms with Crippen LogP contribution in [0, 0.1) is 11.3 Å². The van der Waals surface area contributed by atoms with Crippen LogP contribution >= 0.6 is 11.6 Å². The number of para-hydroxylation sites is 1. The molecule has 0 saturated heterocycles. The van der Waals surface area contributed by atoms with Crippen LogP contribution in [-0.4, -0.2) is 12.5 Å². The van der Waals surface area contributed by atoms with E-state index in [-0.39, 0.29) is 12.5 Å². The first-order valence-electron chi connectivity index (χ1n) is 5.97. The van der Waals surface area contributed by atoms with Crippen LogP contribution in [-0.2, 0) is 4.79 Å². The number of nitrogens with one attached hydrogen (secondary N) is 2. The van der Waals surface area contributed by atoms with Crippen molar-refractivity contribution in [3.05, 3.63) is 59.1 Å². The molecule has 0 aliphatic carbocycles. The van der Waals surface area contributed by atoms with Crippen LogP contribution in [0.25, 0.3) is 0 Å². The Bertz CT molecular complexity index is 650. The zero-order valence-electron chi connectivity index (χ0n) is 10.6. The van der Waals surface area contributed by atoms with Crippen molar-refractivity contribution in [1.82, 2.24) is 0 Å². The zero-order chi connectivity index (χ0) is 14.4. The van der Waals surface area contributed by atoms with Gasteiger partial charge in [-0.1, -0.05) is 29.8 Å². The number of benzene rings is 2. The minimum absolute atomic E-state index is 0.122. The second-order valence-corrected chi connectivity index (χ2v) is 4.48. The molecule has 0 saturated carbocycles. The van der Waals surface area contributed by atoms with Gasteiger partial charge >= 0.3 is 0 Å². The van der Waals surface area contributed by atoms with E-state index in [0.717, 1.165) is 5.69 Å². The van der Waals surface area contributed by atoms with Crippen LogP contribution in [0.3, 0.4) is 0 Å². The van der Waals surface area contributed by atoms with Crippen LogP contribution in [0.1, 0.15) is 5.56 Å². The number of halogens is 1. The molecule has 0 fully saturated rings. The van der Waals surface area contributed by atoms with Crippen molar-refractivity contribution in [2.75, 3.05) is 17.2 Å². The van der Waals surface area contributed by atoms with E-state index >= 15 is 0 Å². The highest BCUT2D eigenvalue weighted by atomic mass is 35.5. The maximum absolute atomic E-state index is 11.8. The summed E-state index contributed by atoms with van der Waals surface area (Å²) in [5.74, 6) is -0.231. The summed E-state index contributed by atoms with van der Waals surface area (Å²) in [5.41, 5.74) is 1.74. The molecule has 2 rings (SSSR count). The van der Waals surface area contributed by atoms with Gasteiger partial charge in [0.25, 0.3) is 0 Å². The van der Waals surface area contributed by atoms with Crippen molar-refractivity contribution in [3.63, 3.8) is 0 Å². The first-order valence-corrected chi connectivity index (χ1v) is 6.35. The predicted molar refractivity (Wildman–Crippen MR) is 79.7 cm³/mol. The summed E-state index contributed by atoms with van der Waals surface area (Å²) in [7, 11) is 0. The second kappa shape index (κ2) is 6.60. The number of carbonyl (C=O) groups excluding carboxylic acids is 1. The quantitative estimate of drug-likeness (QED) is 0.906. The zero-order valence-corrected chi connectivity index (χ0v) is 11.3. The van der Waals surface area contributed by atoms with Gasteiger partial charge in [0.2, 0.25) is 5.91 Å². The molecule has 0 unspecified atom stereocenters. The van der Waals surface area contributed by atoms with Crippen molar-refractivity contribution in [3.8, 4) is 6.07 Å². The monoisotopic (exact) mass is 285 g/mol. The van der Waals surface area contributed by atoms with Gasteiger partial charge < -0.3 is 10.6 Å². The van der Waals surface area contributed by atoms with E-state index in [0.29, 0.717) is 16.3 Å². The van der Waals surface area contributed by atoms with Gasteiger partial charge in [-0.3, -0.25) is 4.79 Å². The van der Waals surface area contributed by atoms with Crippen molar-refractivity contribution in [2.24, 2.45) is 0 Å². The highest BCUT2D eigenvalue weighted by molar-refractivity contribution is 6.33. The summed E-state index contributed by atoms with van der Waals surface area (Å²) in [6, 6.07) is 16.1. The van der Waals surface area contributed by atoms with Gasteiger partial charge in [-0.25, -0.2) is 0 Å². The van der Waals surface area contributed by atoms with Crippen LogP contribution in [0.4, 0.5) is 11.4 Å². The fourth-order valence-electron chi connectivity index (χ4n) is 1.62. The Morgan fingerprint density at radius 1 is 1.20 bits per heavy atom. The smallest absolute Gasteiger partial charge is 0.243 e. The molecule has 0 atom stereocenters. The van der Waals surface area contributed by atoms with Gasteiger partial charge in [0.05, 0.1) is 28.9 Å². The van der Waals surface area contributed by atoms with Crippen LogP contribution in [0.5, 0.6) is 0 Å². The van der Waals surface area contributed by atoms with E-state index in [1.54, 1.807) is 18.2 Å². The lowest BCUT2D eigenvalue weighted by atomic mass is 10.2. The van der Waals surface area contributed by atoms with Crippen LogP contribution in [0.15, 0.2) is 48.5 Å². The molecule has 0 bridgehead atoms. The molecule has 5 heteroatoms. The molecular formula is C15H12ClN3O. The van der Waals surface area contributed by atoms with Gasteiger partial charge in [0, 0.05) is 5.69 Å². The number of hydrogen-bond acceptors (Lipinski definition) is 3. The molecule has 0 radical (unpaired) electrons. The Balaban J connectivity index is 1.97. The maximum Gasteiger partial charge on any atom is 0.243 e. The van der Waals surface area contributed by atoms with Crippen molar-refractivity contribution >= 4 is 28.9 Å². The normalized spacial score (nSPS) is 9.60.